The van der Waals surface area contributed by atoms with Gasteiger partial charge in [0.05, 0.1) is 5.92 Å². The van der Waals surface area contributed by atoms with Crippen molar-refractivity contribution in [3.05, 3.63) is 11.7 Å². The van der Waals surface area contributed by atoms with Crippen molar-refractivity contribution >= 4 is 22.6 Å². The van der Waals surface area contributed by atoms with E-state index in [0.29, 0.717) is 5.95 Å². The summed E-state index contributed by atoms with van der Waals surface area (Å²) in [5, 5.41) is 5.01. The third kappa shape index (κ3) is 2.99. The van der Waals surface area contributed by atoms with Gasteiger partial charge in [-0.2, -0.15) is 9.36 Å². The van der Waals surface area contributed by atoms with Crippen molar-refractivity contribution in [2.45, 2.75) is 32.1 Å². The van der Waals surface area contributed by atoms with Gasteiger partial charge in [0.2, 0.25) is 11.0 Å². The van der Waals surface area contributed by atoms with Gasteiger partial charge in [0.25, 0.3) is 5.95 Å². The van der Waals surface area contributed by atoms with E-state index in [9.17, 15) is 0 Å². The van der Waals surface area contributed by atoms with Gasteiger partial charge in [-0.1, -0.05) is 6.92 Å². The van der Waals surface area contributed by atoms with Crippen LogP contribution in [0.25, 0.3) is 0 Å². The van der Waals surface area contributed by atoms with Crippen molar-refractivity contribution in [1.82, 2.24) is 19.5 Å². The topological polar surface area (TPSA) is 71.2 Å². The lowest BCUT2D eigenvalue weighted by Crippen LogP contribution is -2.34. The van der Waals surface area contributed by atoms with Crippen LogP contribution in [-0.4, -0.2) is 46.7 Å². The maximum Gasteiger partial charge on any atom is 0.265 e. The van der Waals surface area contributed by atoms with Crippen LogP contribution >= 0.6 is 11.5 Å². The third-order valence-corrected chi connectivity index (χ3v) is 4.46. The molecule has 1 atom stereocenters. The summed E-state index contributed by atoms with van der Waals surface area (Å²) in [6.45, 7) is 3.96. The van der Waals surface area contributed by atoms with E-state index in [1.165, 1.54) is 11.5 Å². The summed E-state index contributed by atoms with van der Waals surface area (Å²) in [5.41, 5.74) is 0. The number of aromatic nitrogens is 4. The fourth-order valence-corrected chi connectivity index (χ4v) is 3.23. The highest BCUT2D eigenvalue weighted by Crippen LogP contribution is 2.30. The molecule has 3 heterocycles. The molecule has 1 aliphatic rings. The molecule has 0 saturated carbocycles. The second-order valence-corrected chi connectivity index (χ2v) is 6.19. The van der Waals surface area contributed by atoms with E-state index in [-0.39, 0.29) is 5.92 Å². The monoisotopic (exact) mass is 308 g/mol. The van der Waals surface area contributed by atoms with E-state index < -0.39 is 0 Å². The Balaban J connectivity index is 1.72. The number of nitrogens with zero attached hydrogens (tertiary/aromatic N) is 6. The van der Waals surface area contributed by atoms with E-state index in [4.69, 9.17) is 4.52 Å². The molecule has 0 bridgehead atoms. The standard InChI is InChI=1S/C13H20N6OS/c1-4-10-14-13(21-17-10)19-7-5-6-9(8-19)11-15-12(16-20-11)18(2)3/h9H,4-8H2,1-3H3. The molecule has 2 aromatic rings. The molecule has 2 aromatic heterocycles. The first-order valence-corrected chi connectivity index (χ1v) is 8.03. The van der Waals surface area contributed by atoms with E-state index in [1.807, 2.05) is 19.0 Å². The van der Waals surface area contributed by atoms with Crippen molar-refractivity contribution in [2.24, 2.45) is 0 Å². The molecule has 0 spiro atoms. The molecule has 1 fully saturated rings. The Kier molecular flexibility index (Phi) is 4.05. The van der Waals surface area contributed by atoms with Crippen LogP contribution in [0, 0.1) is 0 Å². The number of piperidine rings is 1. The Labute approximate surface area is 128 Å². The van der Waals surface area contributed by atoms with E-state index in [0.717, 1.165) is 49.2 Å². The maximum absolute atomic E-state index is 5.41. The van der Waals surface area contributed by atoms with Crippen LogP contribution in [-0.2, 0) is 6.42 Å². The average molecular weight is 308 g/mol. The quantitative estimate of drug-likeness (QED) is 0.854. The summed E-state index contributed by atoms with van der Waals surface area (Å²) in [4.78, 5) is 13.2. The Morgan fingerprint density at radius 1 is 1.38 bits per heavy atom. The summed E-state index contributed by atoms with van der Waals surface area (Å²) in [6, 6.07) is 0. The number of hydrogen-bond donors (Lipinski definition) is 0. The second-order valence-electron chi connectivity index (χ2n) is 5.46. The van der Waals surface area contributed by atoms with E-state index in [1.54, 1.807) is 0 Å². The first kappa shape index (κ1) is 14.2. The van der Waals surface area contributed by atoms with Gasteiger partial charge in [-0.25, -0.2) is 4.98 Å². The van der Waals surface area contributed by atoms with Crippen molar-refractivity contribution in [2.75, 3.05) is 37.0 Å². The lowest BCUT2D eigenvalue weighted by molar-refractivity contribution is 0.333. The Morgan fingerprint density at radius 3 is 2.90 bits per heavy atom. The molecule has 0 aromatic carbocycles. The van der Waals surface area contributed by atoms with Crippen LogP contribution < -0.4 is 9.80 Å². The van der Waals surface area contributed by atoms with Crippen LogP contribution in [0.15, 0.2) is 4.52 Å². The Hall–Kier alpha value is -1.70. The zero-order valence-corrected chi connectivity index (χ0v) is 13.4. The molecule has 114 valence electrons. The molecule has 1 aliphatic heterocycles. The summed E-state index contributed by atoms with van der Waals surface area (Å²) in [5.74, 6) is 2.55. The number of anilines is 2. The highest BCUT2D eigenvalue weighted by atomic mass is 32.1. The fraction of sp³-hybridized carbons (Fsp3) is 0.692. The highest BCUT2D eigenvalue weighted by Gasteiger charge is 2.28. The van der Waals surface area contributed by atoms with E-state index in [2.05, 4.69) is 31.3 Å². The molecular weight excluding hydrogens is 288 g/mol. The maximum atomic E-state index is 5.41. The molecule has 7 nitrogen and oxygen atoms in total. The normalized spacial score (nSPS) is 19.0. The molecule has 21 heavy (non-hydrogen) atoms. The van der Waals surface area contributed by atoms with Gasteiger partial charge in [0.15, 0.2) is 0 Å². The predicted octanol–water partition coefficient (Wildman–Crippen LogP) is 1.93. The predicted molar refractivity (Wildman–Crippen MR) is 82.1 cm³/mol. The SMILES string of the molecule is CCc1nsc(N2CCCC(c3nc(N(C)C)no3)C2)n1. The third-order valence-electron chi connectivity index (χ3n) is 3.65. The first-order chi connectivity index (χ1) is 10.2. The van der Waals surface area contributed by atoms with Crippen LogP contribution in [0.1, 0.15) is 37.4 Å². The molecule has 8 heteroatoms. The number of hydrogen-bond acceptors (Lipinski definition) is 8. The van der Waals surface area contributed by atoms with Crippen LogP contribution in [0.5, 0.6) is 0 Å². The second kappa shape index (κ2) is 5.97. The molecule has 1 saturated heterocycles. The summed E-state index contributed by atoms with van der Waals surface area (Å²) in [7, 11) is 3.82. The Morgan fingerprint density at radius 2 is 2.24 bits per heavy atom. The molecule has 0 radical (unpaired) electrons. The lowest BCUT2D eigenvalue weighted by Gasteiger charge is -2.30. The Bertz CT molecular complexity index is 595. The van der Waals surface area contributed by atoms with Gasteiger partial charge >= 0.3 is 0 Å². The van der Waals surface area contributed by atoms with Crippen LogP contribution in [0.4, 0.5) is 11.1 Å². The van der Waals surface area contributed by atoms with Crippen LogP contribution in [0.3, 0.4) is 0 Å². The molecule has 0 aliphatic carbocycles. The fourth-order valence-electron chi connectivity index (χ4n) is 2.44. The minimum atomic E-state index is 0.272. The summed E-state index contributed by atoms with van der Waals surface area (Å²) in [6.07, 6.45) is 3.06. The number of rotatable bonds is 4. The van der Waals surface area contributed by atoms with Gasteiger partial charge in [-0.15, -0.1) is 0 Å². The van der Waals surface area contributed by atoms with Crippen LogP contribution in [0.2, 0.25) is 0 Å². The van der Waals surface area contributed by atoms with Gasteiger partial charge < -0.3 is 14.3 Å². The van der Waals surface area contributed by atoms with E-state index >= 15 is 0 Å². The highest BCUT2D eigenvalue weighted by molar-refractivity contribution is 7.09. The summed E-state index contributed by atoms with van der Waals surface area (Å²) < 4.78 is 9.78. The molecule has 0 N–H and O–H groups in total. The molecular formula is C13H20N6OS. The smallest absolute Gasteiger partial charge is 0.265 e. The number of aryl methyl sites for hydroxylation is 1. The van der Waals surface area contributed by atoms with Gasteiger partial charge in [-0.3, -0.25) is 0 Å². The lowest BCUT2D eigenvalue weighted by atomic mass is 9.98. The van der Waals surface area contributed by atoms with Gasteiger partial charge in [0.1, 0.15) is 5.82 Å². The minimum absolute atomic E-state index is 0.272. The molecule has 3 rings (SSSR count). The largest absolute Gasteiger partial charge is 0.346 e. The average Bonchev–Trinajstić information content (AvgIpc) is 3.17. The van der Waals surface area contributed by atoms with Gasteiger partial charge in [-0.05, 0) is 18.0 Å². The minimum Gasteiger partial charge on any atom is -0.346 e. The van der Waals surface area contributed by atoms with Gasteiger partial charge in [0, 0.05) is 45.1 Å². The molecule has 0 amide bonds. The van der Waals surface area contributed by atoms with Crippen molar-refractivity contribution < 1.29 is 4.52 Å². The first-order valence-electron chi connectivity index (χ1n) is 7.25. The molecule has 1 unspecified atom stereocenters. The van der Waals surface area contributed by atoms with Crippen molar-refractivity contribution in [3.8, 4) is 0 Å². The van der Waals surface area contributed by atoms with Crippen molar-refractivity contribution in [3.63, 3.8) is 0 Å². The zero-order chi connectivity index (χ0) is 14.8. The van der Waals surface area contributed by atoms with Crippen molar-refractivity contribution in [1.29, 1.82) is 0 Å². The zero-order valence-electron chi connectivity index (χ0n) is 12.6. The summed E-state index contributed by atoms with van der Waals surface area (Å²) >= 11 is 1.48.